The summed E-state index contributed by atoms with van der Waals surface area (Å²) >= 11 is 0. The lowest BCUT2D eigenvalue weighted by molar-refractivity contribution is 0.423. The normalized spacial score (nSPS) is 10.7. The first-order valence-electron chi connectivity index (χ1n) is 6.39. The van der Waals surface area contributed by atoms with Crippen molar-refractivity contribution in [1.29, 1.82) is 0 Å². The quantitative estimate of drug-likeness (QED) is 0.789. The minimum atomic E-state index is 0.232. The molecular weight excluding hydrogens is 252 g/mol. The highest BCUT2D eigenvalue weighted by molar-refractivity contribution is 5.59. The smallest absolute Gasteiger partial charge is 0.258 e. The van der Waals surface area contributed by atoms with Gasteiger partial charge in [-0.1, -0.05) is 35.5 Å². The Kier molecular flexibility index (Phi) is 3.21. The summed E-state index contributed by atoms with van der Waals surface area (Å²) in [4.78, 5) is 4.41. The Balaban J connectivity index is 1.87. The molecule has 20 heavy (non-hydrogen) atoms. The first kappa shape index (κ1) is 12.4. The Morgan fingerprint density at radius 3 is 2.65 bits per heavy atom. The Morgan fingerprint density at radius 2 is 1.90 bits per heavy atom. The molecular formula is C16H14N2O2. The van der Waals surface area contributed by atoms with E-state index >= 15 is 0 Å². The van der Waals surface area contributed by atoms with E-state index in [1.54, 1.807) is 18.2 Å². The molecule has 0 saturated heterocycles. The molecule has 0 aliphatic heterocycles. The van der Waals surface area contributed by atoms with E-state index in [1.165, 1.54) is 0 Å². The van der Waals surface area contributed by atoms with Crippen molar-refractivity contribution >= 4 is 0 Å². The van der Waals surface area contributed by atoms with Crippen LogP contribution in [-0.2, 0) is 6.42 Å². The summed E-state index contributed by atoms with van der Waals surface area (Å²) in [6, 6.07) is 15.1. The number of rotatable bonds is 3. The van der Waals surface area contributed by atoms with Crippen molar-refractivity contribution in [3.8, 4) is 17.2 Å². The first-order valence-corrected chi connectivity index (χ1v) is 6.39. The molecule has 0 bridgehead atoms. The highest BCUT2D eigenvalue weighted by atomic mass is 16.5. The van der Waals surface area contributed by atoms with E-state index in [0.717, 1.165) is 16.7 Å². The van der Waals surface area contributed by atoms with Crippen molar-refractivity contribution in [3.05, 3.63) is 65.5 Å². The predicted molar refractivity (Wildman–Crippen MR) is 75.4 cm³/mol. The molecule has 100 valence electrons. The molecule has 0 spiro atoms. The molecule has 3 rings (SSSR count). The highest BCUT2D eigenvalue weighted by Gasteiger charge is 2.11. The van der Waals surface area contributed by atoms with Crippen LogP contribution in [0.1, 0.15) is 17.0 Å². The zero-order chi connectivity index (χ0) is 13.9. The van der Waals surface area contributed by atoms with Gasteiger partial charge in [-0.05, 0) is 36.2 Å². The third kappa shape index (κ3) is 2.54. The van der Waals surface area contributed by atoms with E-state index < -0.39 is 0 Å². The van der Waals surface area contributed by atoms with Gasteiger partial charge in [0, 0.05) is 12.0 Å². The maximum Gasteiger partial charge on any atom is 0.258 e. The average molecular weight is 266 g/mol. The molecule has 4 nitrogen and oxygen atoms in total. The van der Waals surface area contributed by atoms with E-state index in [-0.39, 0.29) is 5.75 Å². The van der Waals surface area contributed by atoms with Gasteiger partial charge in [-0.15, -0.1) is 0 Å². The lowest BCUT2D eigenvalue weighted by atomic mass is 10.1. The second-order valence-corrected chi connectivity index (χ2v) is 4.68. The van der Waals surface area contributed by atoms with Crippen LogP contribution in [-0.4, -0.2) is 15.2 Å². The van der Waals surface area contributed by atoms with Gasteiger partial charge >= 0.3 is 0 Å². The van der Waals surface area contributed by atoms with Gasteiger partial charge in [-0.2, -0.15) is 4.98 Å². The Labute approximate surface area is 116 Å². The van der Waals surface area contributed by atoms with Crippen LogP contribution < -0.4 is 0 Å². The van der Waals surface area contributed by atoms with Gasteiger partial charge in [-0.3, -0.25) is 0 Å². The van der Waals surface area contributed by atoms with Crippen molar-refractivity contribution in [2.45, 2.75) is 13.3 Å². The van der Waals surface area contributed by atoms with Gasteiger partial charge in [0.05, 0.1) is 0 Å². The van der Waals surface area contributed by atoms with Gasteiger partial charge in [0.1, 0.15) is 5.75 Å². The highest BCUT2D eigenvalue weighted by Crippen LogP contribution is 2.25. The van der Waals surface area contributed by atoms with Crippen LogP contribution in [0.3, 0.4) is 0 Å². The molecule has 3 aromatic rings. The molecule has 0 saturated carbocycles. The molecule has 1 heterocycles. The fourth-order valence-electron chi connectivity index (χ4n) is 2.10. The Hall–Kier alpha value is -2.62. The van der Waals surface area contributed by atoms with Gasteiger partial charge in [0.25, 0.3) is 5.89 Å². The van der Waals surface area contributed by atoms with Crippen LogP contribution in [0.5, 0.6) is 5.75 Å². The van der Waals surface area contributed by atoms with Crippen LogP contribution in [0, 0.1) is 6.92 Å². The third-order valence-electron chi connectivity index (χ3n) is 3.11. The minimum Gasteiger partial charge on any atom is -0.508 e. The number of phenols is 1. The molecule has 0 atom stereocenters. The number of hydrogen-bond donors (Lipinski definition) is 1. The van der Waals surface area contributed by atoms with E-state index in [2.05, 4.69) is 10.1 Å². The van der Waals surface area contributed by atoms with Crippen LogP contribution in [0.25, 0.3) is 11.5 Å². The van der Waals surface area contributed by atoms with Gasteiger partial charge < -0.3 is 9.63 Å². The summed E-state index contributed by atoms with van der Waals surface area (Å²) in [5, 5.41) is 13.4. The third-order valence-corrected chi connectivity index (χ3v) is 3.11. The van der Waals surface area contributed by atoms with Crippen molar-refractivity contribution in [2.75, 3.05) is 0 Å². The number of aromatic nitrogens is 2. The van der Waals surface area contributed by atoms with Crippen LogP contribution in [0.4, 0.5) is 0 Å². The summed E-state index contributed by atoms with van der Waals surface area (Å²) < 4.78 is 5.30. The lowest BCUT2D eigenvalue weighted by Gasteiger charge is -2.00. The largest absolute Gasteiger partial charge is 0.508 e. The number of nitrogens with zero attached hydrogens (tertiary/aromatic N) is 2. The summed E-state index contributed by atoms with van der Waals surface area (Å²) in [6.07, 6.45) is 0.640. The molecule has 0 unspecified atom stereocenters. The molecule has 0 fully saturated rings. The number of aryl methyl sites for hydroxylation is 1. The van der Waals surface area contributed by atoms with E-state index in [9.17, 15) is 5.11 Å². The molecule has 2 aromatic carbocycles. The molecule has 0 amide bonds. The van der Waals surface area contributed by atoms with Crippen molar-refractivity contribution in [1.82, 2.24) is 10.1 Å². The Bertz CT molecular complexity index is 720. The van der Waals surface area contributed by atoms with Gasteiger partial charge in [0.2, 0.25) is 0 Å². The number of phenolic OH excluding ortho intramolecular Hbond substituents is 1. The predicted octanol–water partition coefficient (Wildman–Crippen LogP) is 3.34. The second-order valence-electron chi connectivity index (χ2n) is 4.68. The van der Waals surface area contributed by atoms with Gasteiger partial charge in [0.15, 0.2) is 5.82 Å². The molecule has 4 heteroatoms. The van der Waals surface area contributed by atoms with Crippen LogP contribution in [0.15, 0.2) is 53.1 Å². The summed E-state index contributed by atoms with van der Waals surface area (Å²) in [5.74, 6) is 1.36. The summed E-state index contributed by atoms with van der Waals surface area (Å²) in [7, 11) is 0. The molecule has 0 aliphatic rings. The van der Waals surface area contributed by atoms with Crippen LogP contribution >= 0.6 is 0 Å². The fraction of sp³-hybridized carbons (Fsp3) is 0.125. The average Bonchev–Trinajstić information content (AvgIpc) is 2.88. The number of hydrogen-bond acceptors (Lipinski definition) is 4. The van der Waals surface area contributed by atoms with E-state index in [1.807, 2.05) is 37.3 Å². The fourth-order valence-corrected chi connectivity index (χ4v) is 2.10. The topological polar surface area (TPSA) is 59.2 Å². The minimum absolute atomic E-state index is 0.232. The SMILES string of the molecule is Cc1cc(O)ccc1-c1nc(Cc2ccccc2)no1. The number of aromatic hydroxyl groups is 1. The van der Waals surface area contributed by atoms with Crippen LogP contribution in [0.2, 0.25) is 0 Å². The number of benzene rings is 2. The molecule has 0 aliphatic carbocycles. The maximum absolute atomic E-state index is 9.42. The molecule has 1 aromatic heterocycles. The molecule has 1 N–H and O–H groups in total. The lowest BCUT2D eigenvalue weighted by Crippen LogP contribution is -1.90. The van der Waals surface area contributed by atoms with Gasteiger partial charge in [-0.25, -0.2) is 0 Å². The van der Waals surface area contributed by atoms with Crippen molar-refractivity contribution in [2.24, 2.45) is 0 Å². The Morgan fingerprint density at radius 1 is 1.10 bits per heavy atom. The zero-order valence-electron chi connectivity index (χ0n) is 11.1. The van der Waals surface area contributed by atoms with Crippen molar-refractivity contribution in [3.63, 3.8) is 0 Å². The standard InChI is InChI=1S/C16H14N2O2/c1-11-9-13(19)7-8-14(11)16-17-15(18-20-16)10-12-5-3-2-4-6-12/h2-9,19H,10H2,1H3. The summed E-state index contributed by atoms with van der Waals surface area (Å²) in [6.45, 7) is 1.90. The van der Waals surface area contributed by atoms with Crippen molar-refractivity contribution < 1.29 is 9.63 Å². The molecule has 0 radical (unpaired) electrons. The monoisotopic (exact) mass is 266 g/mol. The maximum atomic E-state index is 9.42. The van der Waals surface area contributed by atoms with E-state index in [0.29, 0.717) is 18.1 Å². The second kappa shape index (κ2) is 5.17. The zero-order valence-corrected chi connectivity index (χ0v) is 11.1. The first-order chi connectivity index (χ1) is 9.72. The summed E-state index contributed by atoms with van der Waals surface area (Å²) in [5.41, 5.74) is 2.89. The van der Waals surface area contributed by atoms with E-state index in [4.69, 9.17) is 4.52 Å².